The molecule has 0 saturated heterocycles. The fourth-order valence-corrected chi connectivity index (χ4v) is 3.94. The molecule has 2 aromatic heterocycles. The molecule has 0 radical (unpaired) electrons. The molecule has 0 saturated carbocycles. The van der Waals surface area contributed by atoms with Crippen molar-refractivity contribution in [1.29, 1.82) is 0 Å². The smallest absolute Gasteiger partial charge is 0.351 e. The zero-order chi connectivity index (χ0) is 17.0. The number of rotatable bonds is 2. The van der Waals surface area contributed by atoms with E-state index in [0.29, 0.717) is 4.70 Å². The fraction of sp³-hybridized carbons (Fsp3) is 0.0588. The van der Waals surface area contributed by atoms with Crippen molar-refractivity contribution in [3.8, 4) is 5.75 Å². The lowest BCUT2D eigenvalue weighted by atomic mass is 10.1. The molecule has 4 rings (SSSR count). The molecule has 0 fully saturated rings. The first kappa shape index (κ1) is 14.8. The maximum absolute atomic E-state index is 12.6. The van der Waals surface area contributed by atoms with Gasteiger partial charge in [0.15, 0.2) is 11.1 Å². The lowest BCUT2D eigenvalue weighted by Gasteiger charge is -2.05. The van der Waals surface area contributed by atoms with Gasteiger partial charge in [0.05, 0.1) is 10.1 Å². The molecule has 2 heterocycles. The van der Waals surface area contributed by atoms with Crippen LogP contribution in [-0.4, -0.2) is 17.3 Å². The molecule has 4 nitrogen and oxygen atoms in total. The van der Waals surface area contributed by atoms with Crippen molar-refractivity contribution >= 4 is 48.3 Å². The summed E-state index contributed by atoms with van der Waals surface area (Å²) in [5, 5.41) is 12.0. The lowest BCUT2D eigenvalue weighted by molar-refractivity contribution is 0.0671. The number of carbonyl (C=O) groups is 1. The molecule has 120 valence electrons. The highest BCUT2D eigenvalue weighted by Crippen LogP contribution is 2.40. The Kier molecular flexibility index (Phi) is 3.14. The van der Waals surface area contributed by atoms with Crippen LogP contribution in [0.25, 0.3) is 31.1 Å². The predicted molar refractivity (Wildman–Crippen MR) is 87.4 cm³/mol. The Hall–Kier alpha value is -2.80. The van der Waals surface area contributed by atoms with Gasteiger partial charge in [-0.05, 0) is 12.1 Å². The number of benzene rings is 2. The Balaban J connectivity index is 2.15. The number of alkyl halides is 2. The van der Waals surface area contributed by atoms with E-state index in [9.17, 15) is 23.5 Å². The Bertz CT molecular complexity index is 1190. The van der Waals surface area contributed by atoms with E-state index >= 15 is 0 Å². The van der Waals surface area contributed by atoms with Crippen molar-refractivity contribution in [2.45, 2.75) is 6.43 Å². The second kappa shape index (κ2) is 5.10. The normalized spacial score (nSPS) is 11.8. The molecule has 0 spiro atoms. The summed E-state index contributed by atoms with van der Waals surface area (Å²) in [7, 11) is 0. The van der Waals surface area contributed by atoms with Crippen LogP contribution >= 0.6 is 11.3 Å². The van der Waals surface area contributed by atoms with E-state index in [-0.39, 0.29) is 11.0 Å². The van der Waals surface area contributed by atoms with Gasteiger partial charge in [0.1, 0.15) is 5.75 Å². The van der Waals surface area contributed by atoms with Gasteiger partial charge in [-0.15, -0.1) is 11.3 Å². The minimum Gasteiger partial charge on any atom is -0.506 e. The number of hydrogen-bond donors (Lipinski definition) is 1. The number of Topliss-reactive ketones (excluding diaryl/α,β-unsaturated/α-hetero) is 1. The summed E-state index contributed by atoms with van der Waals surface area (Å²) in [5.41, 5.74) is -2.20. The predicted octanol–water partition coefficient (Wildman–Crippen LogP) is 4.31. The van der Waals surface area contributed by atoms with Crippen LogP contribution in [0.2, 0.25) is 0 Å². The summed E-state index contributed by atoms with van der Waals surface area (Å²) in [6.45, 7) is 0. The Morgan fingerprint density at radius 2 is 1.79 bits per heavy atom. The number of halogens is 2. The molecule has 0 aliphatic heterocycles. The van der Waals surface area contributed by atoms with Gasteiger partial charge in [0.2, 0.25) is 5.78 Å². The molecule has 0 aliphatic carbocycles. The molecular weight excluding hydrogens is 338 g/mol. The SMILES string of the molecule is O=C(c1c(O)c2ccc3c4ccccc4sc3c2oc1=O)C(F)F. The van der Waals surface area contributed by atoms with E-state index < -0.39 is 29.1 Å². The van der Waals surface area contributed by atoms with Crippen LogP contribution in [0.3, 0.4) is 0 Å². The van der Waals surface area contributed by atoms with Crippen molar-refractivity contribution in [2.75, 3.05) is 0 Å². The molecule has 0 atom stereocenters. The summed E-state index contributed by atoms with van der Waals surface area (Å²) in [6.07, 6.45) is -3.40. The minimum absolute atomic E-state index is 0.0534. The van der Waals surface area contributed by atoms with Gasteiger partial charge in [-0.25, -0.2) is 13.6 Å². The number of thiophene rings is 1. The van der Waals surface area contributed by atoms with Crippen LogP contribution in [-0.2, 0) is 0 Å². The zero-order valence-electron chi connectivity index (χ0n) is 11.9. The standard InChI is InChI=1S/C17H8F2O4S/c18-16(19)13(21)11-12(20)9-6-5-8-7-3-1-2-4-10(7)24-15(8)14(9)23-17(11)22/h1-6,16,20H. The summed E-state index contributed by atoms with van der Waals surface area (Å²) in [5.74, 6) is -2.52. The average Bonchev–Trinajstić information content (AvgIpc) is 2.93. The van der Waals surface area contributed by atoms with Gasteiger partial charge in [-0.2, -0.15) is 0 Å². The maximum Gasteiger partial charge on any atom is 0.351 e. The first-order valence-corrected chi connectivity index (χ1v) is 7.73. The fourth-order valence-electron chi connectivity index (χ4n) is 2.75. The molecule has 7 heteroatoms. The van der Waals surface area contributed by atoms with E-state index in [0.717, 1.165) is 15.5 Å². The van der Waals surface area contributed by atoms with Crippen LogP contribution in [0.1, 0.15) is 10.4 Å². The molecule has 2 aromatic carbocycles. The van der Waals surface area contributed by atoms with E-state index in [1.54, 1.807) is 6.07 Å². The van der Waals surface area contributed by atoms with Crippen LogP contribution in [0.15, 0.2) is 45.6 Å². The third-order valence-corrected chi connectivity index (χ3v) is 5.02. The quantitative estimate of drug-likeness (QED) is 0.434. The first-order chi connectivity index (χ1) is 11.5. The van der Waals surface area contributed by atoms with Gasteiger partial charge >= 0.3 is 12.1 Å². The van der Waals surface area contributed by atoms with E-state index in [2.05, 4.69) is 0 Å². The molecule has 4 aromatic rings. The highest BCUT2D eigenvalue weighted by Gasteiger charge is 2.28. The monoisotopic (exact) mass is 346 g/mol. The number of hydrogen-bond acceptors (Lipinski definition) is 5. The van der Waals surface area contributed by atoms with Gasteiger partial charge in [0, 0.05) is 15.5 Å². The number of ketones is 1. The number of carbonyl (C=O) groups excluding carboxylic acids is 1. The third kappa shape index (κ3) is 1.94. The second-order valence-electron chi connectivity index (χ2n) is 5.20. The van der Waals surface area contributed by atoms with Crippen molar-refractivity contribution in [1.82, 2.24) is 0 Å². The van der Waals surface area contributed by atoms with Gasteiger partial charge < -0.3 is 9.52 Å². The van der Waals surface area contributed by atoms with E-state index in [4.69, 9.17) is 4.42 Å². The van der Waals surface area contributed by atoms with Crippen molar-refractivity contribution < 1.29 is 23.1 Å². The highest BCUT2D eigenvalue weighted by atomic mass is 32.1. The van der Waals surface area contributed by atoms with Crippen LogP contribution in [0, 0.1) is 0 Å². The van der Waals surface area contributed by atoms with E-state index in [1.165, 1.54) is 17.4 Å². The summed E-state index contributed by atoms with van der Waals surface area (Å²) in [4.78, 5) is 23.4. The zero-order valence-corrected chi connectivity index (χ0v) is 12.7. The molecule has 0 bridgehead atoms. The number of fused-ring (bicyclic) bond motifs is 5. The topological polar surface area (TPSA) is 67.5 Å². The Morgan fingerprint density at radius 1 is 1.08 bits per heavy atom. The van der Waals surface area contributed by atoms with Crippen LogP contribution in [0.5, 0.6) is 5.75 Å². The van der Waals surface area contributed by atoms with Crippen molar-refractivity contribution in [3.63, 3.8) is 0 Å². The van der Waals surface area contributed by atoms with Crippen molar-refractivity contribution in [3.05, 3.63) is 52.4 Å². The average molecular weight is 346 g/mol. The van der Waals surface area contributed by atoms with Gasteiger partial charge in [-0.1, -0.05) is 24.3 Å². The molecule has 24 heavy (non-hydrogen) atoms. The molecule has 0 aliphatic rings. The molecule has 0 unspecified atom stereocenters. The maximum atomic E-state index is 12.6. The third-order valence-electron chi connectivity index (χ3n) is 3.84. The molecular formula is C17H8F2O4S. The summed E-state index contributed by atoms with van der Waals surface area (Å²) >= 11 is 1.35. The minimum atomic E-state index is -3.40. The summed E-state index contributed by atoms with van der Waals surface area (Å²) < 4.78 is 31.9. The lowest BCUT2D eigenvalue weighted by Crippen LogP contribution is -2.20. The Labute approximate surface area is 136 Å². The van der Waals surface area contributed by atoms with E-state index in [1.807, 2.05) is 24.3 Å². The second-order valence-corrected chi connectivity index (χ2v) is 6.25. The summed E-state index contributed by atoms with van der Waals surface area (Å²) in [6, 6.07) is 10.7. The Morgan fingerprint density at radius 3 is 2.54 bits per heavy atom. The van der Waals surface area contributed by atoms with Crippen molar-refractivity contribution in [2.24, 2.45) is 0 Å². The molecule has 1 N–H and O–H groups in total. The molecule has 0 amide bonds. The first-order valence-electron chi connectivity index (χ1n) is 6.91. The van der Waals surface area contributed by atoms with Crippen LogP contribution in [0.4, 0.5) is 8.78 Å². The number of aromatic hydroxyl groups is 1. The largest absolute Gasteiger partial charge is 0.506 e. The van der Waals surface area contributed by atoms with Crippen LogP contribution < -0.4 is 5.63 Å². The highest BCUT2D eigenvalue weighted by molar-refractivity contribution is 7.26. The van der Waals surface area contributed by atoms with Gasteiger partial charge in [0.25, 0.3) is 0 Å². The van der Waals surface area contributed by atoms with Gasteiger partial charge in [-0.3, -0.25) is 4.79 Å².